The SMILES string of the molecule is Cc1cc(C)n(Cc2ccc(C(=O)N(C)Cc3cnc(N)nc3)cc2)n1. The van der Waals surface area contributed by atoms with Gasteiger partial charge in [-0.05, 0) is 37.6 Å². The lowest BCUT2D eigenvalue weighted by molar-refractivity contribution is 0.0785. The Morgan fingerprint density at radius 3 is 2.35 bits per heavy atom. The molecule has 0 radical (unpaired) electrons. The number of aryl methyl sites for hydroxylation is 2. The van der Waals surface area contributed by atoms with E-state index in [-0.39, 0.29) is 11.9 Å². The van der Waals surface area contributed by atoms with Crippen LogP contribution >= 0.6 is 0 Å². The largest absolute Gasteiger partial charge is 0.368 e. The van der Waals surface area contributed by atoms with Crippen molar-refractivity contribution in [2.45, 2.75) is 26.9 Å². The van der Waals surface area contributed by atoms with E-state index in [1.54, 1.807) is 24.3 Å². The topological polar surface area (TPSA) is 89.9 Å². The Hall–Kier alpha value is -3.22. The van der Waals surface area contributed by atoms with E-state index < -0.39 is 0 Å². The van der Waals surface area contributed by atoms with Gasteiger partial charge in [0.1, 0.15) is 0 Å². The Balaban J connectivity index is 1.66. The molecule has 0 saturated carbocycles. The van der Waals surface area contributed by atoms with Crippen LogP contribution in [0.4, 0.5) is 5.95 Å². The van der Waals surface area contributed by atoms with Gasteiger partial charge in [-0.25, -0.2) is 9.97 Å². The molecule has 0 aliphatic rings. The highest BCUT2D eigenvalue weighted by molar-refractivity contribution is 5.94. The number of carbonyl (C=O) groups excluding carboxylic acids is 1. The van der Waals surface area contributed by atoms with Crippen LogP contribution < -0.4 is 5.73 Å². The van der Waals surface area contributed by atoms with Crippen molar-refractivity contribution >= 4 is 11.9 Å². The molecule has 0 fully saturated rings. The molecule has 2 aromatic heterocycles. The smallest absolute Gasteiger partial charge is 0.253 e. The van der Waals surface area contributed by atoms with Gasteiger partial charge in [0, 0.05) is 42.8 Å². The lowest BCUT2D eigenvalue weighted by Gasteiger charge is -2.17. The van der Waals surface area contributed by atoms with Crippen molar-refractivity contribution in [2.24, 2.45) is 0 Å². The van der Waals surface area contributed by atoms with Gasteiger partial charge in [-0.2, -0.15) is 5.10 Å². The summed E-state index contributed by atoms with van der Waals surface area (Å²) >= 11 is 0. The zero-order valence-corrected chi connectivity index (χ0v) is 15.2. The summed E-state index contributed by atoms with van der Waals surface area (Å²) in [5.41, 5.74) is 10.2. The molecule has 0 bridgehead atoms. The van der Waals surface area contributed by atoms with Crippen LogP contribution in [0.1, 0.15) is 32.9 Å². The first kappa shape index (κ1) is 17.6. The lowest BCUT2D eigenvalue weighted by atomic mass is 10.1. The Morgan fingerprint density at radius 1 is 1.12 bits per heavy atom. The molecule has 7 heteroatoms. The number of rotatable bonds is 5. The van der Waals surface area contributed by atoms with Crippen LogP contribution in [0.25, 0.3) is 0 Å². The van der Waals surface area contributed by atoms with E-state index in [1.807, 2.05) is 48.9 Å². The molecule has 7 nitrogen and oxygen atoms in total. The first-order chi connectivity index (χ1) is 12.4. The molecule has 2 N–H and O–H groups in total. The van der Waals surface area contributed by atoms with Gasteiger partial charge < -0.3 is 10.6 Å². The van der Waals surface area contributed by atoms with Crippen LogP contribution in [0.2, 0.25) is 0 Å². The zero-order chi connectivity index (χ0) is 18.7. The predicted octanol–water partition coefficient (Wildman–Crippen LogP) is 2.19. The maximum absolute atomic E-state index is 12.6. The van der Waals surface area contributed by atoms with Crippen LogP contribution in [-0.4, -0.2) is 37.6 Å². The number of anilines is 1. The summed E-state index contributed by atoms with van der Waals surface area (Å²) in [7, 11) is 1.75. The Labute approximate surface area is 152 Å². The molecule has 0 saturated heterocycles. The molecule has 2 heterocycles. The molecular weight excluding hydrogens is 328 g/mol. The Morgan fingerprint density at radius 2 is 1.77 bits per heavy atom. The summed E-state index contributed by atoms with van der Waals surface area (Å²) in [5, 5.41) is 4.47. The summed E-state index contributed by atoms with van der Waals surface area (Å²) in [6, 6.07) is 9.67. The third kappa shape index (κ3) is 4.05. The van der Waals surface area contributed by atoms with Crippen LogP contribution in [0.5, 0.6) is 0 Å². The number of nitrogen functional groups attached to an aromatic ring is 1. The summed E-state index contributed by atoms with van der Waals surface area (Å²) in [5.74, 6) is 0.167. The second kappa shape index (κ2) is 7.35. The first-order valence-electron chi connectivity index (χ1n) is 8.34. The van der Waals surface area contributed by atoms with Gasteiger partial charge in [0.15, 0.2) is 0 Å². The molecule has 0 unspecified atom stereocenters. The summed E-state index contributed by atoms with van der Waals surface area (Å²) in [4.78, 5) is 22.1. The van der Waals surface area contributed by atoms with Gasteiger partial charge in [0.05, 0.1) is 12.2 Å². The van der Waals surface area contributed by atoms with E-state index >= 15 is 0 Å². The average Bonchev–Trinajstić information content (AvgIpc) is 2.94. The minimum Gasteiger partial charge on any atom is -0.368 e. The Bertz CT molecular complexity index is 899. The van der Waals surface area contributed by atoms with Crippen molar-refractivity contribution in [1.82, 2.24) is 24.6 Å². The number of hydrogen-bond acceptors (Lipinski definition) is 5. The fourth-order valence-electron chi connectivity index (χ4n) is 2.77. The summed E-state index contributed by atoms with van der Waals surface area (Å²) in [6.45, 7) is 5.13. The number of nitrogens with zero attached hydrogens (tertiary/aromatic N) is 5. The van der Waals surface area contributed by atoms with Crippen molar-refractivity contribution in [3.63, 3.8) is 0 Å². The van der Waals surface area contributed by atoms with E-state index in [1.165, 1.54) is 0 Å². The maximum Gasteiger partial charge on any atom is 0.253 e. The van der Waals surface area contributed by atoms with Gasteiger partial charge in [-0.1, -0.05) is 12.1 Å². The van der Waals surface area contributed by atoms with Crippen LogP contribution in [0, 0.1) is 13.8 Å². The van der Waals surface area contributed by atoms with Gasteiger partial charge in [-0.15, -0.1) is 0 Å². The summed E-state index contributed by atoms with van der Waals surface area (Å²) in [6.07, 6.45) is 3.26. The molecule has 3 aromatic rings. The van der Waals surface area contributed by atoms with Crippen molar-refractivity contribution < 1.29 is 4.79 Å². The highest BCUT2D eigenvalue weighted by Crippen LogP contribution is 2.12. The molecule has 0 aliphatic carbocycles. The normalized spacial score (nSPS) is 10.7. The van der Waals surface area contributed by atoms with E-state index in [9.17, 15) is 4.79 Å². The van der Waals surface area contributed by atoms with E-state index in [0.29, 0.717) is 18.7 Å². The van der Waals surface area contributed by atoms with Crippen molar-refractivity contribution in [3.8, 4) is 0 Å². The van der Waals surface area contributed by atoms with E-state index in [0.717, 1.165) is 22.5 Å². The fourth-order valence-corrected chi connectivity index (χ4v) is 2.77. The highest BCUT2D eigenvalue weighted by Gasteiger charge is 2.13. The van der Waals surface area contributed by atoms with Crippen LogP contribution in [0.3, 0.4) is 0 Å². The molecule has 3 rings (SSSR count). The third-order valence-electron chi connectivity index (χ3n) is 4.13. The standard InChI is InChI=1S/C19H22N6O/c1-13-8-14(2)25(23-13)12-15-4-6-17(7-5-15)18(26)24(3)11-16-9-21-19(20)22-10-16/h4-10H,11-12H2,1-3H3,(H2,20,21,22). The van der Waals surface area contributed by atoms with Crippen LogP contribution in [0.15, 0.2) is 42.7 Å². The molecule has 0 spiro atoms. The monoisotopic (exact) mass is 350 g/mol. The molecule has 26 heavy (non-hydrogen) atoms. The second-order valence-corrected chi connectivity index (χ2v) is 6.39. The minimum absolute atomic E-state index is 0.0560. The number of benzene rings is 1. The molecule has 134 valence electrons. The molecule has 1 amide bonds. The zero-order valence-electron chi connectivity index (χ0n) is 15.2. The molecule has 0 aliphatic heterocycles. The van der Waals surface area contributed by atoms with Gasteiger partial charge in [-0.3, -0.25) is 9.48 Å². The van der Waals surface area contributed by atoms with E-state index in [4.69, 9.17) is 5.73 Å². The number of nitrogens with two attached hydrogens (primary N) is 1. The van der Waals surface area contributed by atoms with Crippen molar-refractivity contribution in [2.75, 3.05) is 12.8 Å². The summed E-state index contributed by atoms with van der Waals surface area (Å²) < 4.78 is 1.96. The first-order valence-corrected chi connectivity index (χ1v) is 8.34. The highest BCUT2D eigenvalue weighted by atomic mass is 16.2. The minimum atomic E-state index is -0.0560. The van der Waals surface area contributed by atoms with Crippen molar-refractivity contribution in [3.05, 3.63) is 70.8 Å². The van der Waals surface area contributed by atoms with Gasteiger partial charge in [0.25, 0.3) is 5.91 Å². The quantitative estimate of drug-likeness (QED) is 0.762. The molecule has 0 atom stereocenters. The fraction of sp³-hybridized carbons (Fsp3) is 0.263. The predicted molar refractivity (Wildman–Crippen MR) is 99.5 cm³/mol. The van der Waals surface area contributed by atoms with Crippen molar-refractivity contribution in [1.29, 1.82) is 0 Å². The number of aromatic nitrogens is 4. The third-order valence-corrected chi connectivity index (χ3v) is 4.13. The number of hydrogen-bond donors (Lipinski definition) is 1. The van der Waals surface area contributed by atoms with Gasteiger partial charge in [0.2, 0.25) is 5.95 Å². The number of amides is 1. The van der Waals surface area contributed by atoms with Crippen LogP contribution in [-0.2, 0) is 13.1 Å². The number of carbonyl (C=O) groups is 1. The lowest BCUT2D eigenvalue weighted by Crippen LogP contribution is -2.26. The maximum atomic E-state index is 12.6. The van der Waals surface area contributed by atoms with Gasteiger partial charge >= 0.3 is 0 Å². The van der Waals surface area contributed by atoms with E-state index in [2.05, 4.69) is 15.1 Å². The second-order valence-electron chi connectivity index (χ2n) is 6.39. The average molecular weight is 350 g/mol. The molecular formula is C19H22N6O. The molecule has 1 aromatic carbocycles. The Kier molecular flexibility index (Phi) is 4.97.